The molecular weight excluding hydrogens is 214 g/mol. The van der Waals surface area contributed by atoms with Crippen molar-refractivity contribution in [3.05, 3.63) is 29.8 Å². The van der Waals surface area contributed by atoms with Gasteiger partial charge in [-0.2, -0.15) is 0 Å². The maximum atomic E-state index is 6.15. The third-order valence-corrected chi connectivity index (χ3v) is 3.67. The third kappa shape index (κ3) is 3.09. The molecule has 1 aliphatic carbocycles. The molecule has 0 heterocycles. The van der Waals surface area contributed by atoms with Crippen LogP contribution in [0.1, 0.15) is 24.4 Å². The summed E-state index contributed by atoms with van der Waals surface area (Å²) >= 11 is 0. The first-order valence-electron chi connectivity index (χ1n) is 6.00. The van der Waals surface area contributed by atoms with E-state index in [0.717, 1.165) is 5.75 Å². The summed E-state index contributed by atoms with van der Waals surface area (Å²) in [6.07, 6.45) is 2.57. The highest BCUT2D eigenvalue weighted by molar-refractivity contribution is 6.70. The Hall–Kier alpha value is -0.803. The molecule has 3 heteroatoms. The lowest BCUT2D eigenvalue weighted by Gasteiger charge is -2.19. The van der Waals surface area contributed by atoms with Crippen LogP contribution >= 0.6 is 0 Å². The van der Waals surface area contributed by atoms with E-state index in [1.165, 1.54) is 18.4 Å². The van der Waals surface area contributed by atoms with Gasteiger partial charge in [0.2, 0.25) is 8.32 Å². The monoisotopic (exact) mass is 235 g/mol. The molecule has 2 rings (SSSR count). The predicted molar refractivity (Wildman–Crippen MR) is 70.1 cm³/mol. The van der Waals surface area contributed by atoms with Gasteiger partial charge in [0.05, 0.1) is 0 Å². The van der Waals surface area contributed by atoms with Crippen LogP contribution in [0.15, 0.2) is 24.3 Å². The summed E-state index contributed by atoms with van der Waals surface area (Å²) in [6.45, 7) is 6.57. The van der Waals surface area contributed by atoms with Gasteiger partial charge in [-0.05, 0) is 56.1 Å². The van der Waals surface area contributed by atoms with E-state index < -0.39 is 8.32 Å². The van der Waals surface area contributed by atoms with Crippen molar-refractivity contribution in [3.8, 4) is 5.75 Å². The maximum Gasteiger partial charge on any atom is 0.242 e. The van der Waals surface area contributed by atoms with Gasteiger partial charge < -0.3 is 10.2 Å². The SMILES string of the molecule is C[Si](C)(C)Oc1ccc([C@@H](N)C2CC2)cc1. The average Bonchev–Trinajstić information content (AvgIpc) is 2.98. The number of benzene rings is 1. The van der Waals surface area contributed by atoms with Crippen LogP contribution < -0.4 is 10.2 Å². The Kier molecular flexibility index (Phi) is 3.08. The van der Waals surface area contributed by atoms with Crippen LogP contribution in [-0.2, 0) is 0 Å². The normalized spacial score (nSPS) is 18.2. The molecule has 1 aromatic rings. The van der Waals surface area contributed by atoms with E-state index >= 15 is 0 Å². The lowest BCUT2D eigenvalue weighted by molar-refractivity contribution is 0.556. The molecule has 0 bridgehead atoms. The van der Waals surface area contributed by atoms with Gasteiger partial charge in [-0.15, -0.1) is 0 Å². The second-order valence-electron chi connectivity index (χ2n) is 5.65. The van der Waals surface area contributed by atoms with Crippen molar-refractivity contribution in [2.45, 2.75) is 38.5 Å². The van der Waals surface area contributed by atoms with Crippen molar-refractivity contribution < 1.29 is 4.43 Å². The van der Waals surface area contributed by atoms with E-state index in [9.17, 15) is 0 Å². The van der Waals surface area contributed by atoms with Crippen LogP contribution in [0.3, 0.4) is 0 Å². The van der Waals surface area contributed by atoms with Crippen LogP contribution in [0, 0.1) is 5.92 Å². The molecule has 88 valence electrons. The predicted octanol–water partition coefficient (Wildman–Crippen LogP) is 3.31. The van der Waals surface area contributed by atoms with E-state index in [0.29, 0.717) is 5.92 Å². The summed E-state index contributed by atoms with van der Waals surface area (Å²) in [7, 11) is -1.48. The fourth-order valence-electron chi connectivity index (χ4n) is 1.84. The minimum atomic E-state index is -1.48. The zero-order valence-corrected chi connectivity index (χ0v) is 11.4. The van der Waals surface area contributed by atoms with Crippen molar-refractivity contribution in [1.82, 2.24) is 0 Å². The minimum Gasteiger partial charge on any atom is -0.544 e. The molecular formula is C13H21NOSi. The Morgan fingerprint density at radius 1 is 1.19 bits per heavy atom. The Morgan fingerprint density at radius 3 is 2.19 bits per heavy atom. The standard InChI is InChI=1S/C13H21NOSi/c1-16(2,3)15-12-8-6-11(7-9-12)13(14)10-4-5-10/h6-10,13H,4-5,14H2,1-3H3/t13-/m0/s1. The van der Waals surface area contributed by atoms with Crippen LogP contribution in [0.4, 0.5) is 0 Å². The molecule has 1 aliphatic rings. The first-order valence-corrected chi connectivity index (χ1v) is 9.41. The summed E-state index contributed by atoms with van der Waals surface area (Å²) in [5.74, 6) is 1.69. The van der Waals surface area contributed by atoms with Crippen LogP contribution in [0.2, 0.25) is 19.6 Å². The fourth-order valence-corrected chi connectivity index (χ4v) is 2.68. The average molecular weight is 235 g/mol. The van der Waals surface area contributed by atoms with Gasteiger partial charge >= 0.3 is 0 Å². The largest absolute Gasteiger partial charge is 0.544 e. The first kappa shape index (κ1) is 11.7. The van der Waals surface area contributed by atoms with Gasteiger partial charge in [0.25, 0.3) is 0 Å². The van der Waals surface area contributed by atoms with Crippen LogP contribution in [0.25, 0.3) is 0 Å². The molecule has 1 atom stereocenters. The molecule has 2 nitrogen and oxygen atoms in total. The Labute approximate surface area is 98.9 Å². The van der Waals surface area contributed by atoms with Gasteiger partial charge in [-0.3, -0.25) is 0 Å². The van der Waals surface area contributed by atoms with Crippen molar-refractivity contribution in [1.29, 1.82) is 0 Å². The van der Waals surface area contributed by atoms with Gasteiger partial charge in [0.15, 0.2) is 0 Å². The Morgan fingerprint density at radius 2 is 1.75 bits per heavy atom. The van der Waals surface area contributed by atoms with E-state index in [1.54, 1.807) is 0 Å². The summed E-state index contributed by atoms with van der Waals surface area (Å²) in [4.78, 5) is 0. The maximum absolute atomic E-state index is 6.15. The topological polar surface area (TPSA) is 35.2 Å². The van der Waals surface area contributed by atoms with Crippen LogP contribution in [0.5, 0.6) is 5.75 Å². The molecule has 16 heavy (non-hydrogen) atoms. The lowest BCUT2D eigenvalue weighted by atomic mass is 10.0. The second kappa shape index (κ2) is 4.22. The summed E-state index contributed by atoms with van der Waals surface area (Å²) in [6, 6.07) is 8.55. The highest BCUT2D eigenvalue weighted by Crippen LogP contribution is 2.39. The first-order chi connectivity index (χ1) is 7.46. The number of hydrogen-bond acceptors (Lipinski definition) is 2. The molecule has 0 saturated heterocycles. The number of nitrogens with two attached hydrogens (primary N) is 1. The minimum absolute atomic E-state index is 0.223. The summed E-state index contributed by atoms with van der Waals surface area (Å²) in [5, 5.41) is 0. The van der Waals surface area contributed by atoms with Gasteiger partial charge in [0, 0.05) is 6.04 Å². The lowest BCUT2D eigenvalue weighted by Crippen LogP contribution is -2.29. The summed E-state index contributed by atoms with van der Waals surface area (Å²) < 4.78 is 5.91. The smallest absolute Gasteiger partial charge is 0.242 e. The highest BCUT2D eigenvalue weighted by Gasteiger charge is 2.29. The molecule has 0 aromatic heterocycles. The molecule has 1 fully saturated rings. The molecule has 0 aliphatic heterocycles. The zero-order chi connectivity index (χ0) is 11.8. The molecule has 0 spiro atoms. The Bertz CT molecular complexity index is 351. The molecule has 1 aromatic carbocycles. The summed E-state index contributed by atoms with van der Waals surface area (Å²) in [5.41, 5.74) is 7.39. The van der Waals surface area contributed by atoms with Crippen molar-refractivity contribution in [2.75, 3.05) is 0 Å². The highest BCUT2D eigenvalue weighted by atomic mass is 28.4. The van der Waals surface area contributed by atoms with E-state index in [-0.39, 0.29) is 6.04 Å². The quantitative estimate of drug-likeness (QED) is 0.813. The Balaban J connectivity index is 2.04. The second-order valence-corrected chi connectivity index (χ2v) is 10.1. The molecule has 1 saturated carbocycles. The van der Waals surface area contributed by atoms with Crippen molar-refractivity contribution in [3.63, 3.8) is 0 Å². The molecule has 2 N–H and O–H groups in total. The van der Waals surface area contributed by atoms with Gasteiger partial charge in [0.1, 0.15) is 5.75 Å². The zero-order valence-electron chi connectivity index (χ0n) is 10.4. The molecule has 0 radical (unpaired) electrons. The number of hydrogen-bond donors (Lipinski definition) is 1. The van der Waals surface area contributed by atoms with Gasteiger partial charge in [-0.1, -0.05) is 12.1 Å². The van der Waals surface area contributed by atoms with E-state index in [1.807, 2.05) is 0 Å². The van der Waals surface area contributed by atoms with E-state index in [2.05, 4.69) is 43.9 Å². The molecule has 0 unspecified atom stereocenters. The third-order valence-electron chi connectivity index (χ3n) is 2.82. The van der Waals surface area contributed by atoms with Crippen LogP contribution in [-0.4, -0.2) is 8.32 Å². The molecule has 0 amide bonds. The van der Waals surface area contributed by atoms with Gasteiger partial charge in [-0.25, -0.2) is 0 Å². The van der Waals surface area contributed by atoms with Crippen molar-refractivity contribution in [2.24, 2.45) is 11.7 Å². The fraction of sp³-hybridized carbons (Fsp3) is 0.538. The van der Waals surface area contributed by atoms with E-state index in [4.69, 9.17) is 10.2 Å². The number of rotatable bonds is 4. The van der Waals surface area contributed by atoms with Crippen molar-refractivity contribution >= 4 is 8.32 Å².